The molecule has 0 bridgehead atoms. The van der Waals surface area contributed by atoms with Crippen LogP contribution < -0.4 is 10.2 Å². The fourth-order valence-electron chi connectivity index (χ4n) is 5.19. The average molecular weight is 551 g/mol. The number of carbonyl (C=O) groups is 1. The molecule has 0 radical (unpaired) electrons. The number of ether oxygens (including phenoxy) is 1. The number of allylic oxidation sites excluding steroid dienone is 1. The van der Waals surface area contributed by atoms with Gasteiger partial charge in [0.25, 0.3) is 6.47 Å². The SMILES string of the molecule is CCC(C)CN(C)CC(O)C(Cc1ccccc1)NC(=C1CCC1)C(CN(C)c1cc(C(C)C)ccn1)OC=O. The highest BCUT2D eigenvalue weighted by molar-refractivity contribution is 5.44. The number of aliphatic hydroxyl groups excluding tert-OH is 1. The molecule has 1 fully saturated rings. The van der Waals surface area contributed by atoms with Crippen molar-refractivity contribution >= 4 is 12.3 Å². The number of aliphatic hydroxyl groups is 1. The lowest BCUT2D eigenvalue weighted by Crippen LogP contribution is -2.50. The van der Waals surface area contributed by atoms with Gasteiger partial charge in [-0.1, -0.05) is 64.4 Å². The van der Waals surface area contributed by atoms with Crippen molar-refractivity contribution in [3.63, 3.8) is 0 Å². The Balaban J connectivity index is 1.86. The molecular formula is C33H50N4O3. The number of pyridine rings is 1. The van der Waals surface area contributed by atoms with Crippen molar-refractivity contribution in [2.45, 2.75) is 84.0 Å². The average Bonchev–Trinajstić information content (AvgIpc) is 2.91. The molecule has 1 saturated carbocycles. The zero-order chi connectivity index (χ0) is 29.1. The number of hydrogen-bond donors (Lipinski definition) is 2. The van der Waals surface area contributed by atoms with Gasteiger partial charge in [0, 0.05) is 26.3 Å². The third-order valence-corrected chi connectivity index (χ3v) is 8.07. The van der Waals surface area contributed by atoms with Crippen molar-refractivity contribution in [3.8, 4) is 0 Å². The number of nitrogens with zero attached hydrogens (tertiary/aromatic N) is 3. The van der Waals surface area contributed by atoms with E-state index in [4.69, 9.17) is 4.74 Å². The van der Waals surface area contributed by atoms with Crippen LogP contribution in [-0.2, 0) is 16.0 Å². The molecule has 220 valence electrons. The van der Waals surface area contributed by atoms with Crippen molar-refractivity contribution < 1.29 is 14.6 Å². The van der Waals surface area contributed by atoms with Crippen LogP contribution in [0.25, 0.3) is 0 Å². The molecule has 3 rings (SSSR count). The lowest BCUT2D eigenvalue weighted by atomic mass is 9.88. The summed E-state index contributed by atoms with van der Waals surface area (Å²) in [6.45, 7) is 11.3. The lowest BCUT2D eigenvalue weighted by Gasteiger charge is -2.36. The van der Waals surface area contributed by atoms with Gasteiger partial charge in [0.2, 0.25) is 0 Å². The Bertz CT molecular complexity index is 1070. The first kappa shape index (κ1) is 31.6. The summed E-state index contributed by atoms with van der Waals surface area (Å²) >= 11 is 0. The number of hydrogen-bond acceptors (Lipinski definition) is 7. The van der Waals surface area contributed by atoms with Gasteiger partial charge in [-0.3, -0.25) is 4.79 Å². The van der Waals surface area contributed by atoms with Gasteiger partial charge >= 0.3 is 0 Å². The molecular weight excluding hydrogens is 500 g/mol. The minimum absolute atomic E-state index is 0.240. The zero-order valence-electron chi connectivity index (χ0n) is 25.3. The molecule has 1 aromatic carbocycles. The summed E-state index contributed by atoms with van der Waals surface area (Å²) < 4.78 is 5.75. The molecule has 1 aliphatic rings. The highest BCUT2D eigenvalue weighted by Gasteiger charge is 2.30. The van der Waals surface area contributed by atoms with Crippen molar-refractivity contribution in [3.05, 3.63) is 71.1 Å². The predicted molar refractivity (Wildman–Crippen MR) is 163 cm³/mol. The minimum atomic E-state index is -0.607. The molecule has 4 unspecified atom stereocenters. The summed E-state index contributed by atoms with van der Waals surface area (Å²) in [5, 5.41) is 15.3. The van der Waals surface area contributed by atoms with Crippen molar-refractivity contribution in [2.24, 2.45) is 5.92 Å². The second-order valence-corrected chi connectivity index (χ2v) is 11.8. The number of benzene rings is 1. The molecule has 4 atom stereocenters. The Kier molecular flexibility index (Phi) is 12.5. The Hall–Kier alpha value is -2.90. The first-order valence-electron chi connectivity index (χ1n) is 14.9. The fourth-order valence-corrected chi connectivity index (χ4v) is 5.19. The minimum Gasteiger partial charge on any atom is -0.456 e. The molecule has 7 nitrogen and oxygen atoms in total. The standard InChI is InChI=1S/C33H50N4O3/c1-7-25(4)20-36(5)21-30(39)29(18-26-12-9-8-10-13-26)35-33(27-14-11-15-27)31(40-23-38)22-37(6)32-19-28(24(2)3)16-17-34-32/h8-10,12-13,16-17,19,23-25,29-31,35,39H,7,11,14-15,18,20-22H2,1-6H3. The van der Waals surface area contributed by atoms with Gasteiger partial charge in [0.1, 0.15) is 5.82 Å². The van der Waals surface area contributed by atoms with E-state index in [0.29, 0.717) is 37.8 Å². The molecule has 0 amide bonds. The number of anilines is 1. The third-order valence-electron chi connectivity index (χ3n) is 8.07. The van der Waals surface area contributed by atoms with E-state index < -0.39 is 12.2 Å². The van der Waals surface area contributed by atoms with Crippen LogP contribution in [0.5, 0.6) is 0 Å². The van der Waals surface area contributed by atoms with Gasteiger partial charge in [0.05, 0.1) is 24.4 Å². The summed E-state index contributed by atoms with van der Waals surface area (Å²) in [5.41, 5.74) is 4.56. The summed E-state index contributed by atoms with van der Waals surface area (Å²) in [6, 6.07) is 14.2. The van der Waals surface area contributed by atoms with E-state index in [1.807, 2.05) is 42.4 Å². The van der Waals surface area contributed by atoms with E-state index >= 15 is 0 Å². The largest absolute Gasteiger partial charge is 0.456 e. The van der Waals surface area contributed by atoms with E-state index in [9.17, 15) is 9.90 Å². The fraction of sp³-hybridized carbons (Fsp3) is 0.576. The summed E-state index contributed by atoms with van der Waals surface area (Å²) in [4.78, 5) is 20.6. The van der Waals surface area contributed by atoms with E-state index in [2.05, 4.69) is 68.1 Å². The van der Waals surface area contributed by atoms with Gasteiger partial charge in [-0.05, 0) is 73.4 Å². The van der Waals surface area contributed by atoms with Gasteiger partial charge in [-0.15, -0.1) is 0 Å². The molecule has 0 spiro atoms. The Morgan fingerprint density at radius 3 is 2.42 bits per heavy atom. The molecule has 1 heterocycles. The van der Waals surface area contributed by atoms with Crippen molar-refractivity contribution in [1.29, 1.82) is 0 Å². The smallest absolute Gasteiger partial charge is 0.293 e. The van der Waals surface area contributed by atoms with Crippen molar-refractivity contribution in [2.75, 3.05) is 38.6 Å². The maximum Gasteiger partial charge on any atom is 0.293 e. The summed E-state index contributed by atoms with van der Waals surface area (Å²) in [5.74, 6) is 1.80. The highest BCUT2D eigenvalue weighted by atomic mass is 16.5. The number of likely N-dealkylation sites (N-methyl/N-ethyl adjacent to an activating group) is 2. The van der Waals surface area contributed by atoms with Crippen LogP contribution >= 0.6 is 0 Å². The van der Waals surface area contributed by atoms with Gasteiger partial charge in [0.15, 0.2) is 6.10 Å². The molecule has 40 heavy (non-hydrogen) atoms. The number of nitrogens with one attached hydrogen (secondary N) is 1. The van der Waals surface area contributed by atoms with Crippen molar-refractivity contribution in [1.82, 2.24) is 15.2 Å². The molecule has 2 aromatic rings. The van der Waals surface area contributed by atoms with Crippen LogP contribution in [0.3, 0.4) is 0 Å². The molecule has 1 aliphatic carbocycles. The van der Waals surface area contributed by atoms with E-state index in [1.54, 1.807) is 0 Å². The maximum atomic E-state index is 11.7. The van der Waals surface area contributed by atoms with Crippen LogP contribution in [0.15, 0.2) is 59.9 Å². The van der Waals surface area contributed by atoms with Gasteiger partial charge in [-0.25, -0.2) is 4.98 Å². The van der Waals surface area contributed by atoms with E-state index in [1.165, 1.54) is 11.1 Å². The third kappa shape index (κ3) is 9.34. The molecule has 2 N–H and O–H groups in total. The molecule has 1 aromatic heterocycles. The van der Waals surface area contributed by atoms with E-state index in [0.717, 1.165) is 49.3 Å². The second kappa shape index (κ2) is 15.8. The molecule has 7 heteroatoms. The lowest BCUT2D eigenvalue weighted by molar-refractivity contribution is -0.131. The second-order valence-electron chi connectivity index (χ2n) is 11.8. The van der Waals surface area contributed by atoms with Crippen LogP contribution in [0.1, 0.15) is 70.4 Å². The van der Waals surface area contributed by atoms with Crippen LogP contribution in [0, 0.1) is 5.92 Å². The van der Waals surface area contributed by atoms with E-state index in [-0.39, 0.29) is 6.04 Å². The molecule has 0 saturated heterocycles. The zero-order valence-corrected chi connectivity index (χ0v) is 25.3. The normalized spacial score (nSPS) is 16.2. The van der Waals surface area contributed by atoms with Gasteiger partial charge in [-0.2, -0.15) is 0 Å². The summed E-state index contributed by atoms with van der Waals surface area (Å²) in [6.07, 6.45) is 5.55. The number of rotatable bonds is 17. The number of carbonyl (C=O) groups excluding carboxylic acids is 1. The Morgan fingerprint density at radius 2 is 1.82 bits per heavy atom. The Morgan fingerprint density at radius 1 is 1.10 bits per heavy atom. The topological polar surface area (TPSA) is 77.9 Å². The maximum absolute atomic E-state index is 11.7. The van der Waals surface area contributed by atoms with Crippen LogP contribution in [0.4, 0.5) is 5.82 Å². The Labute approximate surface area is 241 Å². The monoisotopic (exact) mass is 550 g/mol. The predicted octanol–water partition coefficient (Wildman–Crippen LogP) is 5.16. The quantitative estimate of drug-likeness (QED) is 0.264. The first-order valence-corrected chi connectivity index (χ1v) is 14.9. The highest BCUT2D eigenvalue weighted by Crippen LogP contribution is 2.31. The molecule has 0 aliphatic heterocycles. The van der Waals surface area contributed by atoms with Gasteiger partial charge < -0.3 is 25.0 Å². The summed E-state index contributed by atoms with van der Waals surface area (Å²) in [7, 11) is 4.06. The first-order chi connectivity index (χ1) is 19.2. The van der Waals surface area contributed by atoms with Crippen LogP contribution in [0.2, 0.25) is 0 Å². The van der Waals surface area contributed by atoms with Crippen LogP contribution in [-0.4, -0.2) is 73.4 Å². The number of aromatic nitrogens is 1.